The third-order valence-electron chi connectivity index (χ3n) is 2.60. The Morgan fingerprint density at radius 3 is 2.68 bits per heavy atom. The summed E-state index contributed by atoms with van der Waals surface area (Å²) in [4.78, 5) is 13.7. The van der Waals surface area contributed by atoms with Gasteiger partial charge in [-0.25, -0.2) is 0 Å². The molecule has 1 amide bonds. The molecule has 19 heavy (non-hydrogen) atoms. The summed E-state index contributed by atoms with van der Waals surface area (Å²) in [6.07, 6.45) is 0. The molecule has 0 unspecified atom stereocenters. The maximum absolute atomic E-state index is 11.8. The Hall–Kier alpha value is -1.54. The van der Waals surface area contributed by atoms with Crippen LogP contribution in [0.25, 0.3) is 0 Å². The summed E-state index contributed by atoms with van der Waals surface area (Å²) in [5.74, 6) is -0.00247. The number of halogens is 1. The van der Waals surface area contributed by atoms with Crippen LogP contribution in [0, 0.1) is 11.3 Å². The minimum absolute atomic E-state index is 0.00247. The first-order valence-corrected chi connectivity index (χ1v) is 7.01. The molecule has 0 radical (unpaired) electrons. The van der Waals surface area contributed by atoms with Gasteiger partial charge in [-0.1, -0.05) is 0 Å². The third kappa shape index (κ3) is 4.56. The molecule has 1 aromatic carbocycles. The number of amides is 1. The lowest BCUT2D eigenvalue weighted by Gasteiger charge is -2.23. The van der Waals surface area contributed by atoms with Crippen molar-refractivity contribution in [3.63, 3.8) is 0 Å². The number of nitriles is 1. The monoisotopic (exact) mass is 323 g/mol. The fraction of sp³-hybridized carbons (Fsp3) is 0.429. The van der Waals surface area contributed by atoms with Crippen molar-refractivity contribution < 1.29 is 4.79 Å². The molecule has 1 aromatic rings. The van der Waals surface area contributed by atoms with Gasteiger partial charge in [0.25, 0.3) is 0 Å². The minimum Gasteiger partial charge on any atom is -0.362 e. The van der Waals surface area contributed by atoms with Crippen molar-refractivity contribution in [2.75, 3.05) is 18.0 Å². The van der Waals surface area contributed by atoms with Gasteiger partial charge in [0.05, 0.1) is 12.1 Å². The predicted molar refractivity (Wildman–Crippen MR) is 80.0 cm³/mol. The van der Waals surface area contributed by atoms with Crippen LogP contribution in [0.4, 0.5) is 5.69 Å². The fourth-order valence-corrected chi connectivity index (χ4v) is 2.17. The minimum atomic E-state index is -0.00247. The number of anilines is 1. The Morgan fingerprint density at radius 2 is 2.21 bits per heavy atom. The molecule has 5 heteroatoms. The van der Waals surface area contributed by atoms with Crippen LogP contribution in [0.2, 0.25) is 0 Å². The zero-order valence-electron chi connectivity index (χ0n) is 11.4. The van der Waals surface area contributed by atoms with Crippen molar-refractivity contribution >= 4 is 27.5 Å². The van der Waals surface area contributed by atoms with Crippen LogP contribution in [-0.4, -0.2) is 25.0 Å². The Kier molecular flexibility index (Phi) is 5.84. The van der Waals surface area contributed by atoms with Crippen molar-refractivity contribution in [1.82, 2.24) is 5.32 Å². The summed E-state index contributed by atoms with van der Waals surface area (Å²) in [5.41, 5.74) is 1.51. The van der Waals surface area contributed by atoms with Gasteiger partial charge >= 0.3 is 0 Å². The standard InChI is InChI=1S/C14H18BrN3O/c1-4-18(9-14(19)17-10(2)3)12-6-5-11(8-16)13(15)7-12/h5-7,10H,4,9H2,1-3H3,(H,17,19). The van der Waals surface area contributed by atoms with Crippen molar-refractivity contribution in [2.45, 2.75) is 26.8 Å². The van der Waals surface area contributed by atoms with Gasteiger partial charge in [-0.05, 0) is 54.9 Å². The van der Waals surface area contributed by atoms with E-state index in [-0.39, 0.29) is 11.9 Å². The normalized spacial score (nSPS) is 10.1. The second kappa shape index (κ2) is 7.15. The van der Waals surface area contributed by atoms with Crippen LogP contribution in [-0.2, 0) is 4.79 Å². The molecule has 0 saturated heterocycles. The molecule has 0 fully saturated rings. The van der Waals surface area contributed by atoms with Gasteiger partial charge in [-0.3, -0.25) is 4.79 Å². The van der Waals surface area contributed by atoms with Crippen molar-refractivity contribution in [3.05, 3.63) is 28.2 Å². The quantitative estimate of drug-likeness (QED) is 0.906. The largest absolute Gasteiger partial charge is 0.362 e. The summed E-state index contributed by atoms with van der Waals surface area (Å²) in [6.45, 7) is 6.91. The molecule has 0 heterocycles. The Bertz CT molecular complexity index is 494. The number of carbonyl (C=O) groups excluding carboxylic acids is 1. The van der Waals surface area contributed by atoms with Crippen LogP contribution in [0.15, 0.2) is 22.7 Å². The zero-order valence-corrected chi connectivity index (χ0v) is 13.0. The van der Waals surface area contributed by atoms with Crippen LogP contribution in [0.1, 0.15) is 26.3 Å². The van der Waals surface area contributed by atoms with E-state index in [9.17, 15) is 4.79 Å². The van der Waals surface area contributed by atoms with Gasteiger partial charge in [0.2, 0.25) is 5.91 Å². The number of likely N-dealkylation sites (N-methyl/N-ethyl adjacent to an activating group) is 1. The highest BCUT2D eigenvalue weighted by atomic mass is 79.9. The number of hydrogen-bond acceptors (Lipinski definition) is 3. The number of nitrogens with one attached hydrogen (secondary N) is 1. The molecular formula is C14H18BrN3O. The molecule has 1 N–H and O–H groups in total. The van der Waals surface area contributed by atoms with Crippen molar-refractivity contribution in [2.24, 2.45) is 0 Å². The molecule has 0 aliphatic rings. The van der Waals surface area contributed by atoms with E-state index in [1.807, 2.05) is 37.8 Å². The highest BCUT2D eigenvalue weighted by Crippen LogP contribution is 2.23. The first-order chi connectivity index (χ1) is 8.97. The Labute approximate surface area is 122 Å². The van der Waals surface area contributed by atoms with Crippen LogP contribution >= 0.6 is 15.9 Å². The lowest BCUT2D eigenvalue weighted by molar-refractivity contribution is -0.120. The molecule has 0 aliphatic heterocycles. The van der Waals surface area contributed by atoms with Gasteiger partial charge in [0, 0.05) is 22.7 Å². The van der Waals surface area contributed by atoms with Gasteiger partial charge in [0.15, 0.2) is 0 Å². The molecule has 0 aromatic heterocycles. The second-order valence-electron chi connectivity index (χ2n) is 4.51. The average Bonchev–Trinajstić information content (AvgIpc) is 2.35. The highest BCUT2D eigenvalue weighted by molar-refractivity contribution is 9.10. The number of carbonyl (C=O) groups is 1. The fourth-order valence-electron chi connectivity index (χ4n) is 1.72. The molecule has 0 saturated carbocycles. The molecule has 0 aliphatic carbocycles. The SMILES string of the molecule is CCN(CC(=O)NC(C)C)c1ccc(C#N)c(Br)c1. The van der Waals surface area contributed by atoms with Crippen molar-refractivity contribution in [1.29, 1.82) is 5.26 Å². The van der Waals surface area contributed by atoms with E-state index < -0.39 is 0 Å². The Morgan fingerprint density at radius 1 is 1.53 bits per heavy atom. The first kappa shape index (κ1) is 15.5. The van der Waals surface area contributed by atoms with Gasteiger partial charge in [0.1, 0.15) is 6.07 Å². The average molecular weight is 324 g/mol. The summed E-state index contributed by atoms with van der Waals surface area (Å²) in [6, 6.07) is 7.71. The lowest BCUT2D eigenvalue weighted by atomic mass is 10.2. The van der Waals surface area contributed by atoms with Gasteiger partial charge in [-0.15, -0.1) is 0 Å². The maximum Gasteiger partial charge on any atom is 0.239 e. The molecule has 0 atom stereocenters. The van der Waals surface area contributed by atoms with E-state index in [0.717, 1.165) is 16.7 Å². The molecule has 4 nitrogen and oxygen atoms in total. The van der Waals surface area contributed by atoms with E-state index in [4.69, 9.17) is 5.26 Å². The topological polar surface area (TPSA) is 56.1 Å². The molecular weight excluding hydrogens is 306 g/mol. The third-order valence-corrected chi connectivity index (χ3v) is 3.26. The van der Waals surface area contributed by atoms with Crippen LogP contribution < -0.4 is 10.2 Å². The predicted octanol–water partition coefficient (Wildman–Crippen LogP) is 2.67. The highest BCUT2D eigenvalue weighted by Gasteiger charge is 2.12. The number of benzene rings is 1. The second-order valence-corrected chi connectivity index (χ2v) is 5.37. The number of rotatable bonds is 5. The smallest absolute Gasteiger partial charge is 0.239 e. The maximum atomic E-state index is 11.8. The molecule has 102 valence electrons. The lowest BCUT2D eigenvalue weighted by Crippen LogP contribution is -2.40. The zero-order chi connectivity index (χ0) is 14.4. The van der Waals surface area contributed by atoms with E-state index >= 15 is 0 Å². The van der Waals surface area contributed by atoms with Gasteiger partial charge in [-0.2, -0.15) is 5.26 Å². The molecule has 0 spiro atoms. The molecule has 0 bridgehead atoms. The van der Waals surface area contributed by atoms with Crippen LogP contribution in [0.3, 0.4) is 0 Å². The van der Waals surface area contributed by atoms with E-state index in [1.165, 1.54) is 0 Å². The summed E-state index contributed by atoms with van der Waals surface area (Å²) in [7, 11) is 0. The van der Waals surface area contributed by atoms with E-state index in [0.29, 0.717) is 12.1 Å². The Balaban J connectivity index is 2.83. The van der Waals surface area contributed by atoms with E-state index in [1.54, 1.807) is 6.07 Å². The van der Waals surface area contributed by atoms with E-state index in [2.05, 4.69) is 27.3 Å². The first-order valence-electron chi connectivity index (χ1n) is 6.21. The number of hydrogen-bond donors (Lipinski definition) is 1. The van der Waals surface area contributed by atoms with Crippen molar-refractivity contribution in [3.8, 4) is 6.07 Å². The number of nitrogens with zero attached hydrogens (tertiary/aromatic N) is 2. The molecule has 1 rings (SSSR count). The summed E-state index contributed by atoms with van der Waals surface area (Å²) in [5, 5.41) is 11.8. The summed E-state index contributed by atoms with van der Waals surface area (Å²) >= 11 is 3.36. The van der Waals surface area contributed by atoms with Crippen LogP contribution in [0.5, 0.6) is 0 Å². The van der Waals surface area contributed by atoms with Gasteiger partial charge < -0.3 is 10.2 Å². The summed E-state index contributed by atoms with van der Waals surface area (Å²) < 4.78 is 0.746.